The van der Waals surface area contributed by atoms with Gasteiger partial charge in [-0.3, -0.25) is 9.69 Å². The van der Waals surface area contributed by atoms with Crippen LogP contribution in [0.2, 0.25) is 0 Å². The standard InChI is InChI=1S/C23H31N5O2/c1-16-14-21(30-17(16)2)22(29)27-8-6-18-15-24-23(25-20(18)7-9-27)28-12-10-26(11-13-28)19-4-3-5-19/h14-15,19H,3-13H2,1-2H3. The molecule has 0 radical (unpaired) electrons. The molecule has 0 bridgehead atoms. The lowest BCUT2D eigenvalue weighted by Crippen LogP contribution is -2.52. The van der Waals surface area contributed by atoms with Gasteiger partial charge in [-0.25, -0.2) is 9.97 Å². The minimum absolute atomic E-state index is 0.0284. The number of carbonyl (C=O) groups excluding carboxylic acids is 1. The van der Waals surface area contributed by atoms with E-state index in [-0.39, 0.29) is 5.91 Å². The maximum absolute atomic E-state index is 12.9. The van der Waals surface area contributed by atoms with Gasteiger partial charge in [0.25, 0.3) is 5.91 Å². The first-order chi connectivity index (χ1) is 14.6. The highest BCUT2D eigenvalue weighted by atomic mass is 16.4. The van der Waals surface area contributed by atoms with Crippen LogP contribution in [0.3, 0.4) is 0 Å². The molecule has 2 aliphatic heterocycles. The number of carbonyl (C=O) groups is 1. The van der Waals surface area contributed by atoms with Crippen molar-refractivity contribution in [2.24, 2.45) is 0 Å². The largest absolute Gasteiger partial charge is 0.456 e. The fourth-order valence-corrected chi connectivity index (χ4v) is 4.69. The van der Waals surface area contributed by atoms with Crippen molar-refractivity contribution in [3.63, 3.8) is 0 Å². The summed E-state index contributed by atoms with van der Waals surface area (Å²) in [6.07, 6.45) is 7.64. The SMILES string of the molecule is Cc1cc(C(=O)N2CCc3cnc(N4CCN(C5CCC5)CC4)nc3CC2)oc1C. The maximum atomic E-state index is 12.9. The fourth-order valence-electron chi connectivity index (χ4n) is 4.69. The van der Waals surface area contributed by atoms with Gasteiger partial charge in [-0.15, -0.1) is 0 Å². The Labute approximate surface area is 178 Å². The van der Waals surface area contributed by atoms with Crippen LogP contribution in [-0.2, 0) is 12.8 Å². The number of aromatic nitrogens is 2. The number of hydrogen-bond donors (Lipinski definition) is 0. The van der Waals surface area contributed by atoms with Crippen molar-refractivity contribution in [2.45, 2.75) is 52.0 Å². The summed E-state index contributed by atoms with van der Waals surface area (Å²) < 4.78 is 5.65. The van der Waals surface area contributed by atoms with E-state index in [9.17, 15) is 4.79 Å². The number of piperazine rings is 1. The van der Waals surface area contributed by atoms with E-state index in [1.165, 1.54) is 19.3 Å². The van der Waals surface area contributed by atoms with Gasteiger partial charge in [0, 0.05) is 57.9 Å². The molecule has 30 heavy (non-hydrogen) atoms. The summed E-state index contributed by atoms with van der Waals surface area (Å²) in [6, 6.07) is 2.65. The summed E-state index contributed by atoms with van der Waals surface area (Å²) in [5.41, 5.74) is 3.27. The van der Waals surface area contributed by atoms with E-state index >= 15 is 0 Å². The van der Waals surface area contributed by atoms with Crippen molar-refractivity contribution in [3.8, 4) is 0 Å². The first-order valence-electron chi connectivity index (χ1n) is 11.3. The molecule has 1 aliphatic carbocycles. The van der Waals surface area contributed by atoms with Crippen molar-refractivity contribution >= 4 is 11.9 Å². The Balaban J connectivity index is 1.24. The van der Waals surface area contributed by atoms with Gasteiger partial charge >= 0.3 is 0 Å². The lowest BCUT2D eigenvalue weighted by Gasteiger charge is -2.43. The number of furan rings is 1. The average molecular weight is 410 g/mol. The average Bonchev–Trinajstić information content (AvgIpc) is 2.93. The molecule has 2 aromatic heterocycles. The predicted molar refractivity (Wildman–Crippen MR) is 115 cm³/mol. The molecule has 4 heterocycles. The topological polar surface area (TPSA) is 65.7 Å². The van der Waals surface area contributed by atoms with E-state index in [0.29, 0.717) is 18.8 Å². The monoisotopic (exact) mass is 409 g/mol. The summed E-state index contributed by atoms with van der Waals surface area (Å²) in [4.78, 5) is 29.3. The second-order valence-electron chi connectivity index (χ2n) is 8.89. The van der Waals surface area contributed by atoms with Gasteiger partial charge < -0.3 is 14.2 Å². The Kier molecular flexibility index (Phi) is 5.23. The molecule has 1 amide bonds. The minimum atomic E-state index is -0.0284. The van der Waals surface area contributed by atoms with Crippen molar-refractivity contribution in [1.29, 1.82) is 0 Å². The molecule has 5 rings (SSSR count). The number of amides is 1. The third-order valence-electron chi connectivity index (χ3n) is 7.06. The van der Waals surface area contributed by atoms with E-state index in [2.05, 4.69) is 14.8 Å². The Morgan fingerprint density at radius 1 is 1.07 bits per heavy atom. The zero-order valence-electron chi connectivity index (χ0n) is 18.1. The summed E-state index contributed by atoms with van der Waals surface area (Å²) in [6.45, 7) is 9.41. The number of rotatable bonds is 3. The zero-order valence-corrected chi connectivity index (χ0v) is 18.1. The van der Waals surface area contributed by atoms with Crippen molar-refractivity contribution in [3.05, 3.63) is 40.6 Å². The van der Waals surface area contributed by atoms with Crippen LogP contribution >= 0.6 is 0 Å². The molecule has 0 atom stereocenters. The minimum Gasteiger partial charge on any atom is -0.456 e. The van der Waals surface area contributed by atoms with Gasteiger partial charge in [0.2, 0.25) is 5.95 Å². The second-order valence-corrected chi connectivity index (χ2v) is 8.89. The highest BCUT2D eigenvalue weighted by Crippen LogP contribution is 2.26. The molecule has 2 aromatic rings. The summed E-state index contributed by atoms with van der Waals surface area (Å²) >= 11 is 0. The van der Waals surface area contributed by atoms with E-state index in [4.69, 9.17) is 9.40 Å². The molecule has 7 nitrogen and oxygen atoms in total. The molecule has 0 N–H and O–H groups in total. The van der Waals surface area contributed by atoms with E-state index in [0.717, 1.165) is 73.6 Å². The Morgan fingerprint density at radius 3 is 2.50 bits per heavy atom. The highest BCUT2D eigenvalue weighted by Gasteiger charge is 2.29. The van der Waals surface area contributed by atoms with Crippen LogP contribution in [0, 0.1) is 13.8 Å². The van der Waals surface area contributed by atoms with Crippen LogP contribution in [0.25, 0.3) is 0 Å². The Morgan fingerprint density at radius 2 is 1.83 bits per heavy atom. The van der Waals surface area contributed by atoms with Gasteiger partial charge in [0.05, 0.1) is 5.69 Å². The van der Waals surface area contributed by atoms with Gasteiger partial charge in [-0.2, -0.15) is 0 Å². The lowest BCUT2D eigenvalue weighted by atomic mass is 9.91. The molecule has 1 saturated heterocycles. The fraction of sp³-hybridized carbons (Fsp3) is 0.609. The van der Waals surface area contributed by atoms with E-state index in [1.807, 2.05) is 31.0 Å². The van der Waals surface area contributed by atoms with Gasteiger partial charge in [-0.1, -0.05) is 6.42 Å². The third-order valence-corrected chi connectivity index (χ3v) is 7.06. The molecule has 160 valence electrons. The first-order valence-corrected chi connectivity index (χ1v) is 11.3. The zero-order chi connectivity index (χ0) is 20.7. The molecule has 7 heteroatoms. The molecule has 0 spiro atoms. The van der Waals surface area contributed by atoms with Gasteiger partial charge in [0.15, 0.2) is 5.76 Å². The van der Waals surface area contributed by atoms with Crippen LogP contribution in [0.4, 0.5) is 5.95 Å². The van der Waals surface area contributed by atoms with Gasteiger partial charge in [0.1, 0.15) is 5.76 Å². The second kappa shape index (κ2) is 8.02. The number of fused-ring (bicyclic) bond motifs is 1. The highest BCUT2D eigenvalue weighted by molar-refractivity contribution is 5.91. The molecular weight excluding hydrogens is 378 g/mol. The van der Waals surface area contributed by atoms with Crippen molar-refractivity contribution in [2.75, 3.05) is 44.2 Å². The predicted octanol–water partition coefficient (Wildman–Crippen LogP) is 2.60. The van der Waals surface area contributed by atoms with Crippen LogP contribution in [0.15, 0.2) is 16.7 Å². The molecule has 2 fully saturated rings. The van der Waals surface area contributed by atoms with Gasteiger partial charge in [-0.05, 0) is 50.3 Å². The smallest absolute Gasteiger partial charge is 0.289 e. The summed E-state index contributed by atoms with van der Waals surface area (Å²) in [5.74, 6) is 2.06. The maximum Gasteiger partial charge on any atom is 0.289 e. The van der Waals surface area contributed by atoms with Crippen LogP contribution in [0.1, 0.15) is 52.4 Å². The van der Waals surface area contributed by atoms with Crippen LogP contribution in [0.5, 0.6) is 0 Å². The van der Waals surface area contributed by atoms with Crippen LogP contribution < -0.4 is 4.90 Å². The number of aryl methyl sites for hydroxylation is 2. The van der Waals surface area contributed by atoms with E-state index < -0.39 is 0 Å². The normalized spacial score (nSPS) is 20.6. The molecule has 3 aliphatic rings. The molecule has 0 unspecified atom stereocenters. The quantitative estimate of drug-likeness (QED) is 0.776. The summed E-state index contributed by atoms with van der Waals surface area (Å²) in [7, 11) is 0. The Hall–Kier alpha value is -2.41. The molecule has 1 saturated carbocycles. The van der Waals surface area contributed by atoms with Crippen molar-refractivity contribution in [1.82, 2.24) is 19.8 Å². The number of hydrogen-bond acceptors (Lipinski definition) is 6. The molecule has 0 aromatic carbocycles. The van der Waals surface area contributed by atoms with Crippen molar-refractivity contribution < 1.29 is 9.21 Å². The lowest BCUT2D eigenvalue weighted by molar-refractivity contribution is 0.0729. The third kappa shape index (κ3) is 3.71. The number of nitrogens with zero attached hydrogens (tertiary/aromatic N) is 5. The van der Waals surface area contributed by atoms with E-state index in [1.54, 1.807) is 0 Å². The first kappa shape index (κ1) is 19.5. The van der Waals surface area contributed by atoms with Crippen LogP contribution in [-0.4, -0.2) is 71.0 Å². The summed E-state index contributed by atoms with van der Waals surface area (Å²) in [5, 5.41) is 0. The molecular formula is C23H31N5O2. The number of anilines is 1. The Bertz CT molecular complexity index is 908.